The Labute approximate surface area is 48.1 Å². The smallest absolute Gasteiger partial charge is 0.119 e. The average molecular weight is 115 g/mol. The molecule has 0 heterocycles. The van der Waals surface area contributed by atoms with E-state index in [1.165, 1.54) is 0 Å². The lowest BCUT2D eigenvalue weighted by atomic mass is 10.1. The summed E-state index contributed by atoms with van der Waals surface area (Å²) in [6.45, 7) is 1.90. The molecule has 1 atom stereocenters. The molecule has 0 aromatic rings. The number of nitrogens with two attached hydrogens (primary N) is 1. The third-order valence-electron chi connectivity index (χ3n) is 2.71. The Balaban J connectivity index is 2.13. The fourth-order valence-corrected chi connectivity index (χ4v) is 1.59. The molecule has 0 aromatic heterocycles. The van der Waals surface area contributed by atoms with Crippen LogP contribution in [0.4, 0.5) is 4.39 Å². The van der Waals surface area contributed by atoms with Crippen molar-refractivity contribution >= 4 is 0 Å². The van der Waals surface area contributed by atoms with Crippen molar-refractivity contribution in [3.8, 4) is 0 Å². The second-order valence-electron chi connectivity index (χ2n) is 3.26. The molecule has 0 aromatic carbocycles. The van der Waals surface area contributed by atoms with Crippen LogP contribution in [-0.4, -0.2) is 11.7 Å². The molecule has 2 saturated carbocycles. The largest absolute Gasteiger partial charge is 0.327 e. The Bertz CT molecular complexity index is 135. The van der Waals surface area contributed by atoms with Gasteiger partial charge in [-0.05, 0) is 19.8 Å². The van der Waals surface area contributed by atoms with Gasteiger partial charge in [0.15, 0.2) is 0 Å². The van der Waals surface area contributed by atoms with Crippen molar-refractivity contribution in [1.29, 1.82) is 0 Å². The lowest BCUT2D eigenvalue weighted by Gasteiger charge is -2.03. The van der Waals surface area contributed by atoms with Gasteiger partial charge in [0.2, 0.25) is 0 Å². The van der Waals surface area contributed by atoms with Crippen molar-refractivity contribution < 1.29 is 4.39 Å². The lowest BCUT2D eigenvalue weighted by molar-refractivity contribution is 0.389. The molecule has 2 N–H and O–H groups in total. The highest BCUT2D eigenvalue weighted by Crippen LogP contribution is 2.82. The summed E-state index contributed by atoms with van der Waals surface area (Å²) in [6, 6.07) is 0.0764. The van der Waals surface area contributed by atoms with E-state index in [2.05, 4.69) is 0 Å². The highest BCUT2D eigenvalue weighted by Gasteiger charge is 2.86. The minimum atomic E-state index is -0.791. The van der Waals surface area contributed by atoms with Gasteiger partial charge in [0.25, 0.3) is 0 Å². The summed E-state index contributed by atoms with van der Waals surface area (Å²) in [5, 5.41) is 0. The van der Waals surface area contributed by atoms with E-state index >= 15 is 0 Å². The van der Waals surface area contributed by atoms with E-state index in [4.69, 9.17) is 5.73 Å². The maximum atomic E-state index is 12.7. The minimum Gasteiger partial charge on any atom is -0.327 e. The second kappa shape index (κ2) is 0.838. The molecular formula is C6H10FN. The molecule has 1 nitrogen and oxygen atoms in total. The monoisotopic (exact) mass is 115 g/mol. The molecule has 2 heteroatoms. The van der Waals surface area contributed by atoms with Gasteiger partial charge in [-0.25, -0.2) is 4.39 Å². The summed E-state index contributed by atoms with van der Waals surface area (Å²) in [4.78, 5) is 0. The molecule has 0 radical (unpaired) electrons. The van der Waals surface area contributed by atoms with E-state index in [0.717, 1.165) is 12.8 Å². The van der Waals surface area contributed by atoms with Crippen LogP contribution < -0.4 is 5.73 Å². The van der Waals surface area contributed by atoms with E-state index in [1.54, 1.807) is 0 Å². The topological polar surface area (TPSA) is 26.0 Å². The third-order valence-corrected chi connectivity index (χ3v) is 2.71. The fourth-order valence-electron chi connectivity index (χ4n) is 1.59. The molecular weight excluding hydrogens is 105 g/mol. The number of halogens is 1. The van der Waals surface area contributed by atoms with Gasteiger partial charge in [-0.1, -0.05) is 0 Å². The third kappa shape index (κ3) is 0.269. The van der Waals surface area contributed by atoms with Crippen molar-refractivity contribution in [2.75, 3.05) is 0 Å². The predicted octanol–water partition coefficient (Wildman–Crippen LogP) is 0.836. The van der Waals surface area contributed by atoms with Gasteiger partial charge in [0.1, 0.15) is 5.67 Å². The number of hydrogen-bond donors (Lipinski definition) is 1. The van der Waals surface area contributed by atoms with Gasteiger partial charge in [0.05, 0.1) is 0 Å². The van der Waals surface area contributed by atoms with Crippen LogP contribution in [0.25, 0.3) is 0 Å². The van der Waals surface area contributed by atoms with Crippen LogP contribution >= 0.6 is 0 Å². The van der Waals surface area contributed by atoms with Gasteiger partial charge in [-0.2, -0.15) is 0 Å². The molecule has 2 aliphatic carbocycles. The zero-order valence-corrected chi connectivity index (χ0v) is 4.95. The lowest BCUT2D eigenvalue weighted by Crippen LogP contribution is -2.21. The molecule has 8 heavy (non-hydrogen) atoms. The van der Waals surface area contributed by atoms with Crippen molar-refractivity contribution in [2.24, 2.45) is 11.1 Å². The minimum absolute atomic E-state index is 0.0347. The van der Waals surface area contributed by atoms with Crippen LogP contribution in [0.15, 0.2) is 0 Å². The van der Waals surface area contributed by atoms with E-state index in [9.17, 15) is 4.39 Å². The molecule has 0 bridgehead atoms. The van der Waals surface area contributed by atoms with E-state index in [1.807, 2.05) is 6.92 Å². The normalized spacial score (nSPS) is 61.9. The van der Waals surface area contributed by atoms with Crippen LogP contribution in [0, 0.1) is 5.41 Å². The van der Waals surface area contributed by atoms with Crippen molar-refractivity contribution in [3.05, 3.63) is 0 Å². The first-order chi connectivity index (χ1) is 3.61. The zero-order chi connectivity index (χ0) is 5.99. The molecule has 0 aliphatic heterocycles. The number of rotatable bonds is 1. The fraction of sp³-hybridized carbons (Fsp3) is 1.00. The SMILES string of the molecule is CC(N)C12CC1(F)C2. The van der Waals surface area contributed by atoms with Crippen molar-refractivity contribution in [1.82, 2.24) is 0 Å². The van der Waals surface area contributed by atoms with Gasteiger partial charge >= 0.3 is 0 Å². The van der Waals surface area contributed by atoms with Crippen LogP contribution in [-0.2, 0) is 0 Å². The Kier molecular flexibility index (Phi) is 0.496. The summed E-state index contributed by atoms with van der Waals surface area (Å²) in [5.41, 5.74) is 4.69. The quantitative estimate of drug-likeness (QED) is 0.538. The molecule has 0 spiro atoms. The van der Waals surface area contributed by atoms with Gasteiger partial charge in [-0.15, -0.1) is 0 Å². The first kappa shape index (κ1) is 4.74. The van der Waals surface area contributed by atoms with Crippen LogP contribution in [0.3, 0.4) is 0 Å². The first-order valence-electron chi connectivity index (χ1n) is 3.05. The Morgan fingerprint density at radius 2 is 2.00 bits per heavy atom. The Morgan fingerprint density at radius 1 is 1.62 bits per heavy atom. The predicted molar refractivity (Wildman–Crippen MR) is 29.2 cm³/mol. The van der Waals surface area contributed by atoms with Gasteiger partial charge < -0.3 is 5.73 Å². The number of hydrogen-bond acceptors (Lipinski definition) is 1. The number of fused-ring (bicyclic) bond motifs is 1. The molecule has 46 valence electrons. The second-order valence-corrected chi connectivity index (χ2v) is 3.26. The molecule has 2 fully saturated rings. The average Bonchev–Trinajstić information content (AvgIpc) is 2.22. The summed E-state index contributed by atoms with van der Waals surface area (Å²) < 4.78 is 12.7. The molecule has 2 aliphatic rings. The van der Waals surface area contributed by atoms with Gasteiger partial charge in [-0.3, -0.25) is 0 Å². The maximum Gasteiger partial charge on any atom is 0.119 e. The highest BCUT2D eigenvalue weighted by molar-refractivity contribution is 5.36. The standard InChI is InChI=1S/C6H10FN/c1-4(8)5-2-6(5,7)3-5/h4H,2-3,8H2,1H3. The van der Waals surface area contributed by atoms with Crippen LogP contribution in [0.5, 0.6) is 0 Å². The van der Waals surface area contributed by atoms with E-state index in [0.29, 0.717) is 0 Å². The van der Waals surface area contributed by atoms with Crippen molar-refractivity contribution in [3.63, 3.8) is 0 Å². The molecule has 0 amide bonds. The maximum absolute atomic E-state index is 12.7. The van der Waals surface area contributed by atoms with E-state index in [-0.39, 0.29) is 11.5 Å². The van der Waals surface area contributed by atoms with Crippen molar-refractivity contribution in [2.45, 2.75) is 31.5 Å². The Morgan fingerprint density at radius 3 is 2.00 bits per heavy atom. The van der Waals surface area contributed by atoms with Crippen LogP contribution in [0.2, 0.25) is 0 Å². The first-order valence-corrected chi connectivity index (χ1v) is 3.05. The van der Waals surface area contributed by atoms with Crippen LogP contribution in [0.1, 0.15) is 19.8 Å². The summed E-state index contributed by atoms with van der Waals surface area (Å²) in [6.07, 6.45) is 1.47. The summed E-state index contributed by atoms with van der Waals surface area (Å²) >= 11 is 0. The summed E-state index contributed by atoms with van der Waals surface area (Å²) in [7, 11) is 0. The molecule has 0 saturated heterocycles. The summed E-state index contributed by atoms with van der Waals surface area (Å²) in [5.74, 6) is 0. The Hall–Kier alpha value is -0.110. The highest BCUT2D eigenvalue weighted by atomic mass is 19.1. The van der Waals surface area contributed by atoms with Gasteiger partial charge in [0, 0.05) is 11.5 Å². The van der Waals surface area contributed by atoms with E-state index < -0.39 is 5.67 Å². The molecule has 2 rings (SSSR count). The zero-order valence-electron chi connectivity index (χ0n) is 4.95. The number of alkyl halides is 1. The molecule has 1 unspecified atom stereocenters.